The van der Waals surface area contributed by atoms with Gasteiger partial charge in [-0.1, -0.05) is 102 Å². The van der Waals surface area contributed by atoms with E-state index in [9.17, 15) is 0 Å². The van der Waals surface area contributed by atoms with Gasteiger partial charge in [-0.2, -0.15) is 0 Å². The van der Waals surface area contributed by atoms with Gasteiger partial charge < -0.3 is 54.1 Å². The largest absolute Gasteiger partial charge is 0.497 e. The van der Waals surface area contributed by atoms with Crippen LogP contribution in [0.25, 0.3) is 11.0 Å². The number of rotatable bonds is 19. The van der Waals surface area contributed by atoms with E-state index in [2.05, 4.69) is 107 Å². The van der Waals surface area contributed by atoms with Crippen LogP contribution in [0.4, 0.5) is 0 Å². The van der Waals surface area contributed by atoms with Crippen molar-refractivity contribution in [1.82, 2.24) is 15.0 Å². The van der Waals surface area contributed by atoms with E-state index in [1.54, 1.807) is 7.11 Å². The summed E-state index contributed by atoms with van der Waals surface area (Å²) >= 11 is 0. The number of aromatic nitrogens is 3. The van der Waals surface area contributed by atoms with Crippen LogP contribution in [0.15, 0.2) is 18.2 Å². The summed E-state index contributed by atoms with van der Waals surface area (Å²) in [5, 5.41) is 9.03. The summed E-state index contributed by atoms with van der Waals surface area (Å²) in [7, 11) is -30.3. The van der Waals surface area contributed by atoms with Gasteiger partial charge >= 0.3 is 70.4 Å². The lowest BCUT2D eigenvalue weighted by Crippen LogP contribution is -2.88. The van der Waals surface area contributed by atoms with Gasteiger partial charge in [-0.3, -0.25) is 0 Å². The average molecular weight is 1010 g/mol. The summed E-state index contributed by atoms with van der Waals surface area (Å²) in [6.45, 7) is 30.9. The molecule has 0 aliphatic carbocycles. The van der Waals surface area contributed by atoms with Crippen LogP contribution < -0.4 is 4.74 Å². The molecule has 62 heavy (non-hydrogen) atoms. The summed E-state index contributed by atoms with van der Waals surface area (Å²) in [5.74, 6) is 1.42. The van der Waals surface area contributed by atoms with Gasteiger partial charge in [0.2, 0.25) is 0 Å². The summed E-state index contributed by atoms with van der Waals surface area (Å²) in [5.41, 5.74) is 1.65. The molecular formula is C38H75N3O13Si8. The third-order valence-electron chi connectivity index (χ3n) is 10.9. The molecule has 0 atom stereocenters. The average Bonchev–Trinajstić information content (AvgIpc) is 3.44. The first-order chi connectivity index (χ1) is 28.9. The van der Waals surface area contributed by atoms with Crippen molar-refractivity contribution < 1.29 is 54.1 Å². The van der Waals surface area contributed by atoms with E-state index in [4.69, 9.17) is 54.1 Å². The fraction of sp³-hybridized carbons (Fsp3) is 0.842. The van der Waals surface area contributed by atoms with Crippen LogP contribution in [0.2, 0.25) is 48.4 Å². The number of ether oxygens (including phenoxy) is 1. The minimum Gasteiger partial charge on any atom is -0.497 e. The predicted octanol–water partition coefficient (Wildman–Crippen LogP) is 9.20. The molecule has 6 fully saturated rings. The summed E-state index contributed by atoms with van der Waals surface area (Å²) in [6.07, 6.45) is 0.562. The van der Waals surface area contributed by atoms with Crippen molar-refractivity contribution >= 4 is 81.5 Å². The van der Waals surface area contributed by atoms with Crippen LogP contribution in [-0.2, 0) is 55.9 Å². The van der Waals surface area contributed by atoms with E-state index in [1.807, 2.05) is 22.9 Å². The topological polar surface area (TPSA) is 151 Å². The lowest BCUT2D eigenvalue weighted by atomic mass is 10.3. The molecule has 0 saturated carbocycles. The molecule has 6 aliphatic rings. The molecule has 16 nitrogen and oxygen atoms in total. The first kappa shape index (κ1) is 49.6. The van der Waals surface area contributed by atoms with Crippen molar-refractivity contribution in [2.45, 2.75) is 158 Å². The highest BCUT2D eigenvalue weighted by molar-refractivity contribution is 7.03. The van der Waals surface area contributed by atoms with Gasteiger partial charge in [0.15, 0.2) is 0 Å². The smallest absolute Gasteiger partial charge is 0.479 e. The second kappa shape index (κ2) is 18.3. The molecular weight excluding hydrogens is 931 g/mol. The van der Waals surface area contributed by atoms with Gasteiger partial charge in [0.1, 0.15) is 11.3 Å². The minimum absolute atomic E-state index is 0.0882. The molecule has 0 amide bonds. The molecule has 8 bridgehead atoms. The van der Waals surface area contributed by atoms with Crippen LogP contribution in [0.5, 0.6) is 5.75 Å². The quantitative estimate of drug-likeness (QED) is 0.123. The fourth-order valence-corrected chi connectivity index (χ4v) is 61.1. The maximum atomic E-state index is 7.91. The number of benzene rings is 1. The molecule has 24 heteroatoms. The molecule has 8 rings (SSSR count). The third kappa shape index (κ3) is 10.8. The van der Waals surface area contributed by atoms with Crippen molar-refractivity contribution in [1.29, 1.82) is 0 Å². The van der Waals surface area contributed by atoms with E-state index in [1.165, 1.54) is 0 Å². The Morgan fingerprint density at radius 3 is 1.02 bits per heavy atom. The molecule has 0 N–H and O–H groups in total. The minimum atomic E-state index is -4.09. The van der Waals surface area contributed by atoms with Crippen LogP contribution in [0.1, 0.15) is 103 Å². The summed E-state index contributed by atoms with van der Waals surface area (Å²) in [6, 6.07) is 9.42. The van der Waals surface area contributed by atoms with Crippen molar-refractivity contribution in [3.63, 3.8) is 0 Å². The molecule has 352 valence electrons. The number of methoxy groups -OCH3 is 1. The molecule has 6 aliphatic heterocycles. The second-order valence-electron chi connectivity index (χ2n) is 21.1. The van der Waals surface area contributed by atoms with Crippen molar-refractivity contribution in [2.24, 2.45) is 41.4 Å². The molecule has 0 spiro atoms. The molecule has 7 heterocycles. The highest BCUT2D eigenvalue weighted by atomic mass is 28.6. The normalized spacial score (nSPS) is 37.1. The van der Waals surface area contributed by atoms with Crippen LogP contribution >= 0.6 is 0 Å². The Labute approximate surface area is 379 Å². The van der Waals surface area contributed by atoms with Crippen molar-refractivity contribution in [2.75, 3.05) is 7.11 Å². The van der Waals surface area contributed by atoms with Gasteiger partial charge in [-0.15, -0.1) is 5.10 Å². The predicted molar refractivity (Wildman–Crippen MR) is 250 cm³/mol. The Hall–Kier alpha value is -0.325. The SMILES string of the molecule is COc1ccc2c(c1)nnn2CCC[Si]12O[Si]3(CC(C)C)O[Si]4(CC(C)C)O[Si](CC(C)C)(O1)O[Si]1(CC(C)C)O[Si](CC(C)C)(O2)O[Si](CC(C)C)(O3)O[Si](CC(C)C)(O4)O1. The third-order valence-corrected chi connectivity index (χ3v) is 51.0. The fourth-order valence-electron chi connectivity index (χ4n) is 9.56. The monoisotopic (exact) mass is 1010 g/mol. The Morgan fingerprint density at radius 2 is 0.742 bits per heavy atom. The number of hydrogen-bond acceptors (Lipinski definition) is 15. The zero-order valence-corrected chi connectivity index (χ0v) is 48.0. The number of nitrogens with zero attached hydrogens (tertiary/aromatic N) is 3. The Kier molecular flexibility index (Phi) is 14.6. The van der Waals surface area contributed by atoms with E-state index in [0.29, 0.717) is 61.3 Å². The highest BCUT2D eigenvalue weighted by Gasteiger charge is 2.83. The van der Waals surface area contributed by atoms with Gasteiger partial charge in [-0.05, 0) is 60.0 Å². The van der Waals surface area contributed by atoms with Gasteiger partial charge in [0.05, 0.1) is 12.6 Å². The summed E-state index contributed by atoms with van der Waals surface area (Å²) in [4.78, 5) is 0. The molecule has 0 radical (unpaired) electrons. The van der Waals surface area contributed by atoms with E-state index >= 15 is 0 Å². The summed E-state index contributed by atoms with van der Waals surface area (Å²) < 4.78 is 102. The van der Waals surface area contributed by atoms with Crippen molar-refractivity contribution in [3.8, 4) is 5.75 Å². The molecule has 2 aromatic rings. The van der Waals surface area contributed by atoms with Gasteiger partial charge in [-0.25, -0.2) is 4.68 Å². The van der Waals surface area contributed by atoms with Crippen molar-refractivity contribution in [3.05, 3.63) is 18.2 Å². The zero-order chi connectivity index (χ0) is 45.1. The second-order valence-corrected chi connectivity index (χ2v) is 45.2. The molecule has 0 unspecified atom stereocenters. The molecule has 1 aromatic carbocycles. The van der Waals surface area contributed by atoms with E-state index in [0.717, 1.165) is 16.8 Å². The Morgan fingerprint density at radius 1 is 0.452 bits per heavy atom. The Balaban J connectivity index is 1.51. The lowest BCUT2D eigenvalue weighted by Gasteiger charge is -2.64. The first-order valence-electron chi connectivity index (χ1n) is 23.2. The maximum Gasteiger partial charge on any atom is 0.479 e. The van der Waals surface area contributed by atoms with Crippen LogP contribution in [-0.4, -0.2) is 92.5 Å². The highest BCUT2D eigenvalue weighted by Crippen LogP contribution is 2.56. The number of fused-ring (bicyclic) bond motifs is 1. The Bertz CT molecular complexity index is 1730. The van der Waals surface area contributed by atoms with Crippen LogP contribution in [0, 0.1) is 41.4 Å². The molecule has 6 saturated heterocycles. The number of hydrogen-bond donors (Lipinski definition) is 0. The molecule has 1 aromatic heterocycles. The first-order valence-corrected chi connectivity index (χ1v) is 38.6. The van der Waals surface area contributed by atoms with Crippen LogP contribution in [0.3, 0.4) is 0 Å². The number of aryl methyl sites for hydroxylation is 1. The zero-order valence-electron chi connectivity index (χ0n) is 40.0. The van der Waals surface area contributed by atoms with E-state index in [-0.39, 0.29) is 41.4 Å². The lowest BCUT2D eigenvalue weighted by molar-refractivity contribution is -0.0341. The standard InChI is InChI=1S/C38H75N3O13Si8/c1-29(2)22-56-43-55(20-16-19-41-38-18-17-36(42-15)21-37(38)39-40-41)44-57(23-30(3)4)48-59(46-56,25-32(7)8)52-62(28-35(13)14)53-60(47-56,26-33(9)10)49-58(45-55,24-31(5)6)51-61(50-57,54-62)27-34(11)12/h17-18,21,29-35H,16,19-20,22-28H2,1-15H3. The van der Waals surface area contributed by atoms with Gasteiger partial charge in [0.25, 0.3) is 0 Å². The van der Waals surface area contributed by atoms with E-state index < -0.39 is 70.4 Å². The van der Waals surface area contributed by atoms with Gasteiger partial charge in [0, 0.05) is 61.0 Å². The maximum absolute atomic E-state index is 7.91.